The van der Waals surface area contributed by atoms with Gasteiger partial charge in [-0.3, -0.25) is 0 Å². The molecule has 0 aromatic heterocycles. The highest BCUT2D eigenvalue weighted by Gasteiger charge is 2.13. The molecule has 0 spiro atoms. The Hall–Kier alpha value is -2.47. The zero-order valence-corrected chi connectivity index (χ0v) is 12.7. The molecule has 0 heterocycles. The minimum absolute atomic E-state index is 0.0888. The Morgan fingerprint density at radius 1 is 1.14 bits per heavy atom. The predicted molar refractivity (Wildman–Crippen MR) is 83.6 cm³/mol. The molecule has 2 amide bonds. The summed E-state index contributed by atoms with van der Waals surface area (Å²) in [6.45, 7) is 0. The number of nitrogens with one attached hydrogen (secondary N) is 2. The summed E-state index contributed by atoms with van der Waals surface area (Å²) in [5.74, 6) is 0.374. The molecule has 0 unspecified atom stereocenters. The van der Waals surface area contributed by atoms with Crippen molar-refractivity contribution in [3.05, 3.63) is 47.2 Å². The van der Waals surface area contributed by atoms with Crippen molar-refractivity contribution < 1.29 is 18.7 Å². The van der Waals surface area contributed by atoms with Gasteiger partial charge in [-0.05, 0) is 24.3 Å². The molecule has 0 fully saturated rings. The molecule has 0 aliphatic heterocycles. The van der Waals surface area contributed by atoms with E-state index < -0.39 is 11.8 Å². The molecule has 2 N–H and O–H groups in total. The van der Waals surface area contributed by atoms with Crippen LogP contribution in [0, 0.1) is 5.82 Å². The smallest absolute Gasteiger partial charge is 0.323 e. The van der Waals surface area contributed by atoms with Crippen molar-refractivity contribution in [1.82, 2.24) is 0 Å². The first-order chi connectivity index (χ1) is 10.5. The molecule has 0 radical (unpaired) electrons. The van der Waals surface area contributed by atoms with E-state index in [1.165, 1.54) is 32.4 Å². The lowest BCUT2D eigenvalue weighted by Gasteiger charge is -2.13. The van der Waals surface area contributed by atoms with E-state index in [-0.39, 0.29) is 10.7 Å². The van der Waals surface area contributed by atoms with E-state index in [4.69, 9.17) is 21.1 Å². The number of benzene rings is 2. The monoisotopic (exact) mass is 324 g/mol. The number of amides is 2. The average Bonchev–Trinajstić information content (AvgIpc) is 2.51. The second kappa shape index (κ2) is 7.00. The number of ether oxygens (including phenoxy) is 2. The summed E-state index contributed by atoms with van der Waals surface area (Å²) in [4.78, 5) is 12.0. The molecule has 2 aromatic carbocycles. The summed E-state index contributed by atoms with van der Waals surface area (Å²) in [6, 6.07) is 8.38. The number of anilines is 2. The van der Waals surface area contributed by atoms with Gasteiger partial charge in [-0.15, -0.1) is 0 Å². The van der Waals surface area contributed by atoms with Gasteiger partial charge in [-0.25, -0.2) is 9.18 Å². The molecule has 2 aromatic rings. The molecule has 22 heavy (non-hydrogen) atoms. The highest BCUT2D eigenvalue weighted by Crippen LogP contribution is 2.30. The van der Waals surface area contributed by atoms with Gasteiger partial charge in [-0.1, -0.05) is 17.7 Å². The zero-order chi connectivity index (χ0) is 16.1. The normalized spacial score (nSPS) is 10.0. The summed E-state index contributed by atoms with van der Waals surface area (Å²) in [5.41, 5.74) is 0.322. The van der Waals surface area contributed by atoms with E-state index >= 15 is 0 Å². The summed E-state index contributed by atoms with van der Waals surface area (Å²) in [6.07, 6.45) is 0. The van der Waals surface area contributed by atoms with Crippen LogP contribution in [0.5, 0.6) is 11.5 Å². The first kappa shape index (κ1) is 15.9. The first-order valence-corrected chi connectivity index (χ1v) is 6.67. The molecule has 0 atom stereocenters. The van der Waals surface area contributed by atoms with Crippen LogP contribution in [0.1, 0.15) is 0 Å². The fourth-order valence-corrected chi connectivity index (χ4v) is 2.00. The molecule has 0 saturated carbocycles. The van der Waals surface area contributed by atoms with Crippen molar-refractivity contribution in [2.75, 3.05) is 24.9 Å². The first-order valence-electron chi connectivity index (χ1n) is 6.29. The fraction of sp³-hybridized carbons (Fsp3) is 0.133. The second-order valence-electron chi connectivity index (χ2n) is 4.24. The van der Waals surface area contributed by atoms with Gasteiger partial charge >= 0.3 is 6.03 Å². The third-order valence-corrected chi connectivity index (χ3v) is 3.17. The van der Waals surface area contributed by atoms with Crippen LogP contribution in [0.25, 0.3) is 0 Å². The third kappa shape index (κ3) is 3.59. The molecule has 0 aliphatic carbocycles. The lowest BCUT2D eigenvalue weighted by atomic mass is 10.2. The van der Waals surface area contributed by atoms with Crippen LogP contribution in [0.2, 0.25) is 5.02 Å². The lowest BCUT2D eigenvalue weighted by molar-refractivity contribution is 0.262. The average molecular weight is 325 g/mol. The molecule has 0 bridgehead atoms. The van der Waals surface area contributed by atoms with Crippen LogP contribution in [0.3, 0.4) is 0 Å². The number of carbonyl (C=O) groups excluding carboxylic acids is 1. The molecule has 7 heteroatoms. The maximum Gasteiger partial charge on any atom is 0.323 e. The van der Waals surface area contributed by atoms with Crippen LogP contribution in [0.4, 0.5) is 20.6 Å². The molecular formula is C15H14ClFN2O3. The van der Waals surface area contributed by atoms with Gasteiger partial charge in [0.25, 0.3) is 0 Å². The SMILES string of the molecule is COc1ccc(NC(=O)Nc2c(F)cccc2Cl)c(OC)c1. The second-order valence-corrected chi connectivity index (χ2v) is 4.65. The molecular weight excluding hydrogens is 311 g/mol. The van der Waals surface area contributed by atoms with E-state index in [0.717, 1.165) is 0 Å². The molecule has 2 rings (SSSR count). The number of hydrogen-bond acceptors (Lipinski definition) is 3. The van der Waals surface area contributed by atoms with E-state index in [9.17, 15) is 9.18 Å². The predicted octanol–water partition coefficient (Wildman–Crippen LogP) is 4.14. The number of methoxy groups -OCH3 is 2. The number of halogens is 2. The Bertz CT molecular complexity index is 674. The Morgan fingerprint density at radius 2 is 1.91 bits per heavy atom. The van der Waals surface area contributed by atoms with Gasteiger partial charge in [0.15, 0.2) is 0 Å². The number of rotatable bonds is 4. The van der Waals surface area contributed by atoms with E-state index in [1.807, 2.05) is 0 Å². The fourth-order valence-electron chi connectivity index (χ4n) is 1.79. The van der Waals surface area contributed by atoms with Gasteiger partial charge in [0.05, 0.1) is 30.6 Å². The largest absolute Gasteiger partial charge is 0.497 e. The van der Waals surface area contributed by atoms with Crippen molar-refractivity contribution in [1.29, 1.82) is 0 Å². The number of para-hydroxylation sites is 1. The third-order valence-electron chi connectivity index (χ3n) is 2.86. The van der Waals surface area contributed by atoms with E-state index in [0.29, 0.717) is 17.2 Å². The van der Waals surface area contributed by atoms with Crippen LogP contribution in [0.15, 0.2) is 36.4 Å². The van der Waals surface area contributed by atoms with Gasteiger partial charge in [0, 0.05) is 6.07 Å². The quantitative estimate of drug-likeness (QED) is 0.888. The standard InChI is InChI=1S/C15H14ClFN2O3/c1-21-9-6-7-12(13(8-9)22-2)18-15(20)19-14-10(16)4-3-5-11(14)17/h3-8H,1-2H3,(H2,18,19,20). The van der Waals surface area contributed by atoms with E-state index in [2.05, 4.69) is 10.6 Å². The Kier molecular flexibility index (Phi) is 5.06. The Labute approximate surface area is 132 Å². The Balaban J connectivity index is 2.16. The number of hydrogen-bond donors (Lipinski definition) is 2. The lowest BCUT2D eigenvalue weighted by Crippen LogP contribution is -2.20. The molecule has 0 aliphatic rings. The Morgan fingerprint density at radius 3 is 2.55 bits per heavy atom. The summed E-state index contributed by atoms with van der Waals surface area (Å²) in [5, 5.41) is 5.03. The van der Waals surface area contributed by atoms with Crippen molar-refractivity contribution in [2.45, 2.75) is 0 Å². The van der Waals surface area contributed by atoms with Crippen LogP contribution < -0.4 is 20.1 Å². The zero-order valence-electron chi connectivity index (χ0n) is 11.9. The highest BCUT2D eigenvalue weighted by atomic mass is 35.5. The van der Waals surface area contributed by atoms with Gasteiger partial charge in [-0.2, -0.15) is 0 Å². The van der Waals surface area contributed by atoms with Crippen LogP contribution in [-0.4, -0.2) is 20.3 Å². The number of carbonyl (C=O) groups is 1. The van der Waals surface area contributed by atoms with Crippen molar-refractivity contribution in [3.63, 3.8) is 0 Å². The highest BCUT2D eigenvalue weighted by molar-refractivity contribution is 6.33. The van der Waals surface area contributed by atoms with Crippen LogP contribution in [-0.2, 0) is 0 Å². The van der Waals surface area contributed by atoms with E-state index in [1.54, 1.807) is 18.2 Å². The molecule has 116 valence electrons. The minimum Gasteiger partial charge on any atom is -0.497 e. The summed E-state index contributed by atoms with van der Waals surface area (Å²) < 4.78 is 23.9. The van der Waals surface area contributed by atoms with Crippen LogP contribution >= 0.6 is 11.6 Å². The van der Waals surface area contributed by atoms with Gasteiger partial charge in [0.2, 0.25) is 0 Å². The van der Waals surface area contributed by atoms with Crippen molar-refractivity contribution in [2.24, 2.45) is 0 Å². The van der Waals surface area contributed by atoms with Crippen molar-refractivity contribution >= 4 is 29.0 Å². The maximum atomic E-state index is 13.6. The minimum atomic E-state index is -0.643. The molecule has 0 saturated heterocycles. The number of urea groups is 1. The van der Waals surface area contributed by atoms with Crippen molar-refractivity contribution in [3.8, 4) is 11.5 Å². The summed E-state index contributed by atoms with van der Waals surface area (Å²) >= 11 is 5.85. The topological polar surface area (TPSA) is 59.6 Å². The molecule has 5 nitrogen and oxygen atoms in total. The van der Waals surface area contributed by atoms with Gasteiger partial charge in [0.1, 0.15) is 17.3 Å². The summed E-state index contributed by atoms with van der Waals surface area (Å²) in [7, 11) is 2.99. The van der Waals surface area contributed by atoms with Gasteiger partial charge < -0.3 is 20.1 Å². The maximum absolute atomic E-state index is 13.6.